The predicted molar refractivity (Wildman–Crippen MR) is 167 cm³/mol. The largest absolute Gasteiger partial charge is 0.342 e. The number of H-pyrrole nitrogens is 1. The van der Waals surface area contributed by atoms with E-state index in [0.29, 0.717) is 0 Å². The first-order valence-electron chi connectivity index (χ1n) is 12.1. The maximum atomic E-state index is 6.68. The van der Waals surface area contributed by atoms with Gasteiger partial charge in [-0.15, -0.1) is 37.2 Å². The van der Waals surface area contributed by atoms with Gasteiger partial charge in [0.25, 0.3) is 0 Å². The summed E-state index contributed by atoms with van der Waals surface area (Å²) >= 11 is 13.4. The number of hydrogen-bond donors (Lipinski definition) is 1. The molecule has 1 fully saturated rings. The second-order valence-electron chi connectivity index (χ2n) is 9.16. The molecular formula is C29H33Cl5N4. The number of imidazole rings is 1. The quantitative estimate of drug-likeness (QED) is 0.237. The minimum absolute atomic E-state index is 0. The lowest BCUT2D eigenvalue weighted by atomic mass is 9.96. The van der Waals surface area contributed by atoms with Gasteiger partial charge in [0, 0.05) is 47.5 Å². The summed E-state index contributed by atoms with van der Waals surface area (Å²) in [5.74, 6) is 0.932. The normalized spacial score (nSPS) is 14.8. The second-order valence-corrected chi connectivity index (χ2v) is 9.97. The molecule has 1 N–H and O–H groups in total. The van der Waals surface area contributed by atoms with Gasteiger partial charge < -0.3 is 4.98 Å². The SMILES string of the molecule is Cc1[nH]c(-c2ccccc2)nc1C(C)N1CCN(C(c2ccccc2Cl)c2ccccc2Cl)CC1.Cl.Cl.Cl. The summed E-state index contributed by atoms with van der Waals surface area (Å²) in [5.41, 5.74) is 5.55. The molecule has 3 aromatic carbocycles. The van der Waals surface area contributed by atoms with E-state index in [4.69, 9.17) is 28.2 Å². The average Bonchev–Trinajstić information content (AvgIpc) is 3.28. The molecule has 9 heteroatoms. The lowest BCUT2D eigenvalue weighted by Crippen LogP contribution is -2.48. The molecule has 0 radical (unpaired) electrons. The van der Waals surface area contributed by atoms with Crippen molar-refractivity contribution in [3.05, 3.63) is 111 Å². The van der Waals surface area contributed by atoms with Crippen LogP contribution < -0.4 is 0 Å². The molecule has 4 nitrogen and oxygen atoms in total. The van der Waals surface area contributed by atoms with E-state index in [1.165, 1.54) is 0 Å². The first-order chi connectivity index (χ1) is 17.0. The molecule has 0 bridgehead atoms. The Morgan fingerprint density at radius 2 is 1.18 bits per heavy atom. The number of halogens is 5. The topological polar surface area (TPSA) is 35.2 Å². The van der Waals surface area contributed by atoms with Crippen LogP contribution in [0.5, 0.6) is 0 Å². The van der Waals surface area contributed by atoms with Crippen molar-refractivity contribution in [2.45, 2.75) is 25.9 Å². The maximum Gasteiger partial charge on any atom is 0.137 e. The molecule has 1 aromatic heterocycles. The van der Waals surface area contributed by atoms with E-state index >= 15 is 0 Å². The van der Waals surface area contributed by atoms with Gasteiger partial charge in [0.15, 0.2) is 0 Å². The number of piperazine rings is 1. The molecule has 1 atom stereocenters. The Morgan fingerprint density at radius 3 is 1.71 bits per heavy atom. The Morgan fingerprint density at radius 1 is 0.711 bits per heavy atom. The minimum Gasteiger partial charge on any atom is -0.342 e. The third kappa shape index (κ3) is 6.86. The van der Waals surface area contributed by atoms with Crippen LogP contribution in [0.25, 0.3) is 11.4 Å². The highest BCUT2D eigenvalue weighted by atomic mass is 35.5. The Kier molecular flexibility index (Phi) is 12.4. The first-order valence-corrected chi connectivity index (χ1v) is 12.9. The van der Waals surface area contributed by atoms with Gasteiger partial charge in [0.2, 0.25) is 0 Å². The highest BCUT2D eigenvalue weighted by molar-refractivity contribution is 6.32. The Hall–Kier alpha value is -1.76. The fourth-order valence-electron chi connectivity index (χ4n) is 5.12. The lowest BCUT2D eigenvalue weighted by molar-refractivity contribution is 0.0826. The van der Waals surface area contributed by atoms with Crippen LogP contribution in [0.2, 0.25) is 10.0 Å². The number of aromatic amines is 1. The highest BCUT2D eigenvalue weighted by Gasteiger charge is 2.31. The molecule has 5 rings (SSSR count). The summed E-state index contributed by atoms with van der Waals surface area (Å²) in [5, 5.41) is 1.54. The van der Waals surface area contributed by atoms with Gasteiger partial charge in [0.1, 0.15) is 5.82 Å². The predicted octanol–water partition coefficient (Wildman–Crippen LogP) is 8.43. The summed E-state index contributed by atoms with van der Waals surface area (Å²) in [6, 6.07) is 26.8. The third-order valence-corrected chi connectivity index (χ3v) is 7.72. The molecule has 0 aliphatic carbocycles. The number of benzene rings is 3. The molecule has 0 amide bonds. The second kappa shape index (κ2) is 14.6. The van der Waals surface area contributed by atoms with Gasteiger partial charge in [-0.25, -0.2) is 4.98 Å². The number of nitrogens with one attached hydrogen (secondary N) is 1. The van der Waals surface area contributed by atoms with Crippen molar-refractivity contribution < 1.29 is 0 Å². The Balaban J connectivity index is 0.00000169. The molecule has 1 aliphatic heterocycles. The van der Waals surface area contributed by atoms with Crippen molar-refractivity contribution in [3.8, 4) is 11.4 Å². The summed E-state index contributed by atoms with van der Waals surface area (Å²) in [4.78, 5) is 13.5. The van der Waals surface area contributed by atoms with Gasteiger partial charge in [-0.2, -0.15) is 0 Å². The fraction of sp³-hybridized carbons (Fsp3) is 0.276. The molecule has 4 aromatic rings. The van der Waals surface area contributed by atoms with E-state index in [1.807, 2.05) is 54.6 Å². The van der Waals surface area contributed by atoms with E-state index < -0.39 is 0 Å². The van der Waals surface area contributed by atoms with Crippen LogP contribution in [0.4, 0.5) is 0 Å². The highest BCUT2D eigenvalue weighted by Crippen LogP contribution is 2.38. The van der Waals surface area contributed by atoms with Crippen LogP contribution in [-0.2, 0) is 0 Å². The molecule has 1 saturated heterocycles. The van der Waals surface area contributed by atoms with Crippen molar-refractivity contribution in [1.29, 1.82) is 0 Å². The van der Waals surface area contributed by atoms with Crippen molar-refractivity contribution in [3.63, 3.8) is 0 Å². The van der Waals surface area contributed by atoms with Crippen LogP contribution >= 0.6 is 60.4 Å². The minimum atomic E-state index is 0. The number of aryl methyl sites for hydroxylation is 1. The molecule has 0 spiro atoms. The van der Waals surface area contributed by atoms with Gasteiger partial charge in [-0.3, -0.25) is 9.80 Å². The van der Waals surface area contributed by atoms with E-state index in [9.17, 15) is 0 Å². The van der Waals surface area contributed by atoms with Crippen LogP contribution in [0, 0.1) is 6.92 Å². The van der Waals surface area contributed by atoms with Crippen molar-refractivity contribution >= 4 is 60.4 Å². The third-order valence-electron chi connectivity index (χ3n) is 7.03. The molecule has 204 valence electrons. The zero-order valence-corrected chi connectivity index (χ0v) is 25.3. The molecule has 1 unspecified atom stereocenters. The van der Waals surface area contributed by atoms with E-state index in [2.05, 4.69) is 52.9 Å². The van der Waals surface area contributed by atoms with Gasteiger partial charge in [-0.1, -0.05) is 89.9 Å². The van der Waals surface area contributed by atoms with Crippen molar-refractivity contribution in [2.24, 2.45) is 0 Å². The number of aromatic nitrogens is 2. The smallest absolute Gasteiger partial charge is 0.137 e. The van der Waals surface area contributed by atoms with Gasteiger partial charge >= 0.3 is 0 Å². The summed E-state index contributed by atoms with van der Waals surface area (Å²) < 4.78 is 0. The number of nitrogens with zero attached hydrogens (tertiary/aromatic N) is 3. The van der Waals surface area contributed by atoms with Gasteiger partial charge in [-0.05, 0) is 37.1 Å². The first kappa shape index (κ1) is 32.5. The Labute approximate surface area is 254 Å². The van der Waals surface area contributed by atoms with Crippen molar-refractivity contribution in [1.82, 2.24) is 19.8 Å². The number of rotatable bonds is 6. The monoisotopic (exact) mass is 612 g/mol. The maximum absolute atomic E-state index is 6.68. The number of hydrogen-bond acceptors (Lipinski definition) is 3. The lowest BCUT2D eigenvalue weighted by Gasteiger charge is -2.42. The summed E-state index contributed by atoms with van der Waals surface area (Å²) in [6.07, 6.45) is 0. The fourth-order valence-corrected chi connectivity index (χ4v) is 5.60. The van der Waals surface area contributed by atoms with E-state index in [0.717, 1.165) is 70.1 Å². The van der Waals surface area contributed by atoms with Gasteiger partial charge in [0.05, 0.1) is 17.8 Å². The van der Waals surface area contributed by atoms with E-state index in [-0.39, 0.29) is 49.3 Å². The summed E-state index contributed by atoms with van der Waals surface area (Å²) in [7, 11) is 0. The van der Waals surface area contributed by atoms with Crippen LogP contribution in [-0.4, -0.2) is 45.9 Å². The van der Waals surface area contributed by atoms with Crippen LogP contribution in [0.15, 0.2) is 78.9 Å². The molecule has 2 heterocycles. The van der Waals surface area contributed by atoms with Crippen LogP contribution in [0.3, 0.4) is 0 Å². The average molecular weight is 615 g/mol. The molecule has 38 heavy (non-hydrogen) atoms. The zero-order valence-electron chi connectivity index (χ0n) is 21.3. The Bertz CT molecular complexity index is 1240. The standard InChI is InChI=1S/C29H30Cl2N4.3ClH/c1-20-27(33-29(32-20)22-10-4-3-5-11-22)21(2)34-16-18-35(19-17-34)28(23-12-6-8-14-25(23)30)24-13-7-9-15-26(24)31;;;/h3-15,21,28H,16-19H2,1-2H3,(H,32,33);3*1H. The van der Waals surface area contributed by atoms with Crippen molar-refractivity contribution in [2.75, 3.05) is 26.2 Å². The molecule has 1 aliphatic rings. The van der Waals surface area contributed by atoms with E-state index in [1.54, 1.807) is 0 Å². The van der Waals surface area contributed by atoms with Crippen LogP contribution in [0.1, 0.15) is 41.5 Å². The zero-order chi connectivity index (χ0) is 24.4. The molecular weight excluding hydrogens is 582 g/mol. The molecule has 0 saturated carbocycles. The summed E-state index contributed by atoms with van der Waals surface area (Å²) in [6.45, 7) is 8.10.